The standard InChI is InChI=1S/C16H16N2O3/c1-2-21-15-5-3-4-12(10-15)11-17-18-16(20)13-6-8-14(19)9-7-13/h3-11,19H,2H2,1H3,(H,18,20)/b17-11-. The quantitative estimate of drug-likeness (QED) is 0.654. The number of hydrogen-bond donors (Lipinski definition) is 2. The summed E-state index contributed by atoms with van der Waals surface area (Å²) in [5.74, 6) is 0.529. The second kappa shape index (κ2) is 7.09. The highest BCUT2D eigenvalue weighted by atomic mass is 16.5. The van der Waals surface area contributed by atoms with Crippen LogP contribution in [-0.2, 0) is 0 Å². The van der Waals surface area contributed by atoms with Gasteiger partial charge in [0.25, 0.3) is 5.91 Å². The Hall–Kier alpha value is -2.82. The molecule has 2 N–H and O–H groups in total. The molecule has 1 amide bonds. The lowest BCUT2D eigenvalue weighted by atomic mass is 10.2. The molecule has 0 fully saturated rings. The molecule has 0 saturated carbocycles. The van der Waals surface area contributed by atoms with E-state index in [0.29, 0.717) is 12.2 Å². The van der Waals surface area contributed by atoms with E-state index in [1.54, 1.807) is 6.21 Å². The summed E-state index contributed by atoms with van der Waals surface area (Å²) in [4.78, 5) is 11.8. The summed E-state index contributed by atoms with van der Waals surface area (Å²) in [6.45, 7) is 2.51. The van der Waals surface area contributed by atoms with Gasteiger partial charge in [-0.2, -0.15) is 5.10 Å². The lowest BCUT2D eigenvalue weighted by Gasteiger charge is -2.03. The molecule has 0 aromatic heterocycles. The van der Waals surface area contributed by atoms with E-state index >= 15 is 0 Å². The summed E-state index contributed by atoms with van der Waals surface area (Å²) in [7, 11) is 0. The Balaban J connectivity index is 1.97. The Morgan fingerprint density at radius 1 is 1.29 bits per heavy atom. The minimum atomic E-state index is -0.341. The van der Waals surface area contributed by atoms with Gasteiger partial charge in [-0.15, -0.1) is 0 Å². The zero-order chi connectivity index (χ0) is 15.1. The molecule has 0 saturated heterocycles. The van der Waals surface area contributed by atoms with Gasteiger partial charge in [-0.3, -0.25) is 4.79 Å². The number of rotatable bonds is 5. The predicted octanol–water partition coefficient (Wildman–Crippen LogP) is 2.55. The number of nitrogens with one attached hydrogen (secondary N) is 1. The smallest absolute Gasteiger partial charge is 0.271 e. The maximum Gasteiger partial charge on any atom is 0.271 e. The van der Waals surface area contributed by atoms with Crippen LogP contribution in [0.25, 0.3) is 0 Å². The largest absolute Gasteiger partial charge is 0.508 e. The van der Waals surface area contributed by atoms with Crippen molar-refractivity contribution in [2.45, 2.75) is 6.92 Å². The van der Waals surface area contributed by atoms with Crippen LogP contribution in [0.3, 0.4) is 0 Å². The van der Waals surface area contributed by atoms with Crippen molar-refractivity contribution in [3.05, 3.63) is 59.7 Å². The summed E-state index contributed by atoms with van der Waals surface area (Å²) in [6.07, 6.45) is 1.54. The van der Waals surface area contributed by atoms with Crippen LogP contribution in [0.1, 0.15) is 22.8 Å². The van der Waals surface area contributed by atoms with Gasteiger partial charge in [-0.25, -0.2) is 5.43 Å². The van der Waals surface area contributed by atoms with Crippen molar-refractivity contribution in [1.29, 1.82) is 0 Å². The number of aromatic hydroxyl groups is 1. The molecule has 2 aromatic rings. The van der Waals surface area contributed by atoms with Gasteiger partial charge in [0.2, 0.25) is 0 Å². The minimum absolute atomic E-state index is 0.114. The van der Waals surface area contributed by atoms with Gasteiger partial charge < -0.3 is 9.84 Å². The van der Waals surface area contributed by atoms with Crippen molar-refractivity contribution < 1.29 is 14.6 Å². The van der Waals surface area contributed by atoms with Crippen LogP contribution in [0.2, 0.25) is 0 Å². The lowest BCUT2D eigenvalue weighted by Crippen LogP contribution is -2.17. The van der Waals surface area contributed by atoms with Crippen molar-refractivity contribution >= 4 is 12.1 Å². The second-order valence-electron chi connectivity index (χ2n) is 4.25. The first-order chi connectivity index (χ1) is 10.2. The van der Waals surface area contributed by atoms with Crippen LogP contribution in [0, 0.1) is 0 Å². The van der Waals surface area contributed by atoms with E-state index in [2.05, 4.69) is 10.5 Å². The highest BCUT2D eigenvalue weighted by Gasteiger charge is 2.03. The van der Waals surface area contributed by atoms with Crippen molar-refractivity contribution in [1.82, 2.24) is 5.43 Å². The fourth-order valence-electron chi connectivity index (χ4n) is 1.69. The van der Waals surface area contributed by atoms with E-state index in [1.165, 1.54) is 24.3 Å². The van der Waals surface area contributed by atoms with Crippen LogP contribution in [0.5, 0.6) is 11.5 Å². The third-order valence-corrected chi connectivity index (χ3v) is 2.68. The van der Waals surface area contributed by atoms with Gasteiger partial charge in [0.05, 0.1) is 12.8 Å². The molecule has 5 nitrogen and oxygen atoms in total. The molecule has 0 heterocycles. The van der Waals surface area contributed by atoms with Crippen molar-refractivity contribution in [2.24, 2.45) is 5.10 Å². The number of phenolic OH excluding ortho intramolecular Hbond substituents is 1. The summed E-state index contributed by atoms with van der Waals surface area (Å²) >= 11 is 0. The fraction of sp³-hybridized carbons (Fsp3) is 0.125. The van der Waals surface area contributed by atoms with Crippen LogP contribution >= 0.6 is 0 Å². The van der Waals surface area contributed by atoms with Gasteiger partial charge >= 0.3 is 0 Å². The number of hydrazone groups is 1. The van der Waals surface area contributed by atoms with Gasteiger partial charge in [0.1, 0.15) is 11.5 Å². The maximum atomic E-state index is 11.8. The topological polar surface area (TPSA) is 70.9 Å². The average Bonchev–Trinajstić information content (AvgIpc) is 2.48. The highest BCUT2D eigenvalue weighted by molar-refractivity contribution is 5.95. The number of carbonyl (C=O) groups excluding carboxylic acids is 1. The normalized spacial score (nSPS) is 10.5. The zero-order valence-corrected chi connectivity index (χ0v) is 11.6. The third-order valence-electron chi connectivity index (χ3n) is 2.68. The molecule has 0 aliphatic carbocycles. The average molecular weight is 284 g/mol. The SMILES string of the molecule is CCOc1cccc(/C=N\NC(=O)c2ccc(O)cc2)c1. The van der Waals surface area contributed by atoms with Gasteiger partial charge in [0, 0.05) is 5.56 Å². The van der Waals surface area contributed by atoms with Crippen molar-refractivity contribution in [3.8, 4) is 11.5 Å². The van der Waals surface area contributed by atoms with Gasteiger partial charge in [-0.05, 0) is 48.9 Å². The first-order valence-electron chi connectivity index (χ1n) is 6.54. The number of ether oxygens (including phenoxy) is 1. The van der Waals surface area contributed by atoms with Crippen molar-refractivity contribution in [2.75, 3.05) is 6.61 Å². The van der Waals surface area contributed by atoms with E-state index in [1.807, 2.05) is 31.2 Å². The summed E-state index contributed by atoms with van der Waals surface area (Å²) in [5.41, 5.74) is 3.68. The molecule has 0 aliphatic heterocycles. The Morgan fingerprint density at radius 3 is 2.76 bits per heavy atom. The minimum Gasteiger partial charge on any atom is -0.508 e. The molecule has 21 heavy (non-hydrogen) atoms. The molecule has 2 rings (SSSR count). The van der Waals surface area contributed by atoms with Gasteiger partial charge in [-0.1, -0.05) is 12.1 Å². The number of benzene rings is 2. The molecule has 0 atom stereocenters. The molecule has 0 aliphatic rings. The molecule has 108 valence electrons. The van der Waals surface area contributed by atoms with E-state index in [0.717, 1.165) is 11.3 Å². The third kappa shape index (κ3) is 4.35. The maximum absolute atomic E-state index is 11.8. The summed E-state index contributed by atoms with van der Waals surface area (Å²) < 4.78 is 5.38. The number of nitrogens with zero attached hydrogens (tertiary/aromatic N) is 1. The summed E-state index contributed by atoms with van der Waals surface area (Å²) in [6, 6.07) is 13.3. The molecule has 0 spiro atoms. The van der Waals surface area contributed by atoms with Gasteiger partial charge in [0.15, 0.2) is 0 Å². The molecule has 0 unspecified atom stereocenters. The highest BCUT2D eigenvalue weighted by Crippen LogP contribution is 2.12. The van der Waals surface area contributed by atoms with Crippen LogP contribution in [0.15, 0.2) is 53.6 Å². The van der Waals surface area contributed by atoms with Crippen LogP contribution < -0.4 is 10.2 Å². The molecular weight excluding hydrogens is 268 g/mol. The number of hydrogen-bond acceptors (Lipinski definition) is 4. The molecule has 2 aromatic carbocycles. The van der Waals surface area contributed by atoms with Crippen molar-refractivity contribution in [3.63, 3.8) is 0 Å². The monoisotopic (exact) mass is 284 g/mol. The van der Waals surface area contributed by atoms with E-state index in [4.69, 9.17) is 9.84 Å². The second-order valence-corrected chi connectivity index (χ2v) is 4.25. The van der Waals surface area contributed by atoms with E-state index < -0.39 is 0 Å². The molecule has 0 bridgehead atoms. The molecule has 0 radical (unpaired) electrons. The first-order valence-corrected chi connectivity index (χ1v) is 6.54. The predicted molar refractivity (Wildman–Crippen MR) is 80.8 cm³/mol. The fourth-order valence-corrected chi connectivity index (χ4v) is 1.69. The van der Waals surface area contributed by atoms with E-state index in [-0.39, 0.29) is 11.7 Å². The first kappa shape index (κ1) is 14.6. The Bertz CT molecular complexity index is 636. The molecular formula is C16H16N2O3. The number of carbonyl (C=O) groups is 1. The number of amides is 1. The van der Waals surface area contributed by atoms with Crippen LogP contribution in [0.4, 0.5) is 0 Å². The lowest BCUT2D eigenvalue weighted by molar-refractivity contribution is 0.0955. The number of phenols is 1. The Kier molecular flexibility index (Phi) is 4.93. The zero-order valence-electron chi connectivity index (χ0n) is 11.6. The summed E-state index contributed by atoms with van der Waals surface area (Å²) in [5, 5.41) is 13.1. The Morgan fingerprint density at radius 2 is 2.05 bits per heavy atom. The van der Waals surface area contributed by atoms with E-state index in [9.17, 15) is 4.79 Å². The molecule has 5 heteroatoms. The van der Waals surface area contributed by atoms with Crippen LogP contribution in [-0.4, -0.2) is 23.8 Å². The Labute approximate surface area is 122 Å².